The van der Waals surface area contributed by atoms with Crippen LogP contribution in [0.25, 0.3) is 0 Å². The molecule has 0 atom stereocenters. The van der Waals surface area contributed by atoms with Gasteiger partial charge in [0.15, 0.2) is 9.84 Å². The molecule has 6 nitrogen and oxygen atoms in total. The Kier molecular flexibility index (Phi) is 7.99. The molecule has 1 saturated heterocycles. The molecule has 0 radical (unpaired) electrons. The molecule has 0 bridgehead atoms. The smallest absolute Gasteiger partial charge is 0.222 e. The van der Waals surface area contributed by atoms with Crippen LogP contribution in [-0.4, -0.2) is 51.2 Å². The minimum absolute atomic E-state index is 0. The second-order valence-corrected chi connectivity index (χ2v) is 7.93. The number of hydrogen-bond donors (Lipinski definition) is 1. The van der Waals surface area contributed by atoms with Crippen molar-refractivity contribution >= 4 is 28.2 Å². The summed E-state index contributed by atoms with van der Waals surface area (Å²) in [6.07, 6.45) is 4.00. The summed E-state index contributed by atoms with van der Waals surface area (Å²) in [4.78, 5) is 14.2. The van der Waals surface area contributed by atoms with Gasteiger partial charge in [-0.25, -0.2) is 8.42 Å². The van der Waals surface area contributed by atoms with Gasteiger partial charge in [0.25, 0.3) is 0 Å². The van der Waals surface area contributed by atoms with E-state index in [1.54, 1.807) is 12.1 Å². The Morgan fingerprint density at radius 2 is 1.83 bits per heavy atom. The molecule has 1 fully saturated rings. The quantitative estimate of drug-likeness (QED) is 0.762. The van der Waals surface area contributed by atoms with E-state index in [-0.39, 0.29) is 29.3 Å². The topological polar surface area (TPSA) is 89.7 Å². The van der Waals surface area contributed by atoms with Crippen molar-refractivity contribution < 1.29 is 17.9 Å². The molecule has 8 heteroatoms. The first-order valence-electron chi connectivity index (χ1n) is 7.82. The van der Waals surface area contributed by atoms with Crippen LogP contribution in [0.3, 0.4) is 0 Å². The number of amides is 1. The molecule has 0 unspecified atom stereocenters. The minimum Gasteiger partial charge on any atom is -0.494 e. The molecule has 0 aliphatic carbocycles. The number of rotatable bonds is 6. The number of nitrogens with zero attached hydrogens (tertiary/aromatic N) is 1. The lowest BCUT2D eigenvalue weighted by Gasteiger charge is -2.30. The Bertz CT molecular complexity index is 626. The molecule has 0 saturated carbocycles. The average molecular weight is 377 g/mol. The molecule has 1 aliphatic heterocycles. The third-order valence-corrected chi connectivity index (χ3v) is 5.08. The fraction of sp³-hybridized carbons (Fsp3) is 0.562. The van der Waals surface area contributed by atoms with Crippen LogP contribution in [0.15, 0.2) is 29.2 Å². The molecule has 1 heterocycles. The Morgan fingerprint density at radius 3 is 2.38 bits per heavy atom. The summed E-state index contributed by atoms with van der Waals surface area (Å²) in [5.74, 6) is 0.752. The first-order valence-corrected chi connectivity index (χ1v) is 9.71. The van der Waals surface area contributed by atoms with Gasteiger partial charge in [-0.05, 0) is 43.5 Å². The van der Waals surface area contributed by atoms with E-state index in [2.05, 4.69) is 0 Å². The second-order valence-electron chi connectivity index (χ2n) is 5.91. The maximum atomic E-state index is 12.0. The van der Waals surface area contributed by atoms with Gasteiger partial charge in [0.1, 0.15) is 5.75 Å². The number of likely N-dealkylation sites (tertiary alicyclic amines) is 1. The molecule has 1 aromatic rings. The van der Waals surface area contributed by atoms with Crippen LogP contribution in [0, 0.1) is 0 Å². The minimum atomic E-state index is -3.19. The van der Waals surface area contributed by atoms with E-state index in [4.69, 9.17) is 10.5 Å². The fourth-order valence-electron chi connectivity index (χ4n) is 2.50. The standard InChI is InChI=1S/C16H24N2O4S.ClH/c1-23(20,21)15-6-4-14(5-7-15)22-12-2-3-16(19)18-10-8-13(17)9-11-18;/h4-7,13H,2-3,8-12,17H2,1H3;1H. The van der Waals surface area contributed by atoms with Crippen molar-refractivity contribution in [2.45, 2.75) is 36.6 Å². The maximum absolute atomic E-state index is 12.0. The number of piperidine rings is 1. The van der Waals surface area contributed by atoms with Crippen LogP contribution in [-0.2, 0) is 14.6 Å². The van der Waals surface area contributed by atoms with Crippen molar-refractivity contribution in [3.63, 3.8) is 0 Å². The van der Waals surface area contributed by atoms with Gasteiger partial charge in [-0.2, -0.15) is 0 Å². The first-order chi connectivity index (χ1) is 10.9. The predicted molar refractivity (Wildman–Crippen MR) is 95.3 cm³/mol. The van der Waals surface area contributed by atoms with E-state index in [1.807, 2.05) is 4.90 Å². The summed E-state index contributed by atoms with van der Waals surface area (Å²) in [6, 6.07) is 6.52. The number of hydrogen-bond acceptors (Lipinski definition) is 5. The molecule has 2 rings (SSSR count). The van der Waals surface area contributed by atoms with Gasteiger partial charge in [0, 0.05) is 31.8 Å². The maximum Gasteiger partial charge on any atom is 0.222 e. The lowest BCUT2D eigenvalue weighted by molar-refractivity contribution is -0.132. The number of nitrogens with two attached hydrogens (primary N) is 1. The molecule has 1 amide bonds. The highest BCUT2D eigenvalue weighted by Gasteiger charge is 2.19. The molecule has 0 spiro atoms. The summed E-state index contributed by atoms with van der Waals surface area (Å²) in [7, 11) is -3.19. The molecule has 1 aliphatic rings. The molecule has 136 valence electrons. The molecule has 24 heavy (non-hydrogen) atoms. The van der Waals surface area contributed by atoms with Crippen LogP contribution in [0.2, 0.25) is 0 Å². The van der Waals surface area contributed by atoms with E-state index in [0.29, 0.717) is 25.2 Å². The Hall–Kier alpha value is -1.31. The van der Waals surface area contributed by atoms with Crippen molar-refractivity contribution in [2.24, 2.45) is 5.73 Å². The van der Waals surface area contributed by atoms with E-state index in [0.717, 1.165) is 25.9 Å². The van der Waals surface area contributed by atoms with Crippen LogP contribution < -0.4 is 10.5 Å². The molecular weight excluding hydrogens is 352 g/mol. The second kappa shape index (κ2) is 9.25. The summed E-state index contributed by atoms with van der Waals surface area (Å²) in [5.41, 5.74) is 5.82. The zero-order valence-corrected chi connectivity index (χ0v) is 15.4. The zero-order valence-electron chi connectivity index (χ0n) is 13.8. The summed E-state index contributed by atoms with van der Waals surface area (Å²) in [5, 5.41) is 0. The Morgan fingerprint density at radius 1 is 1.25 bits per heavy atom. The lowest BCUT2D eigenvalue weighted by atomic mass is 10.1. The van der Waals surface area contributed by atoms with Crippen LogP contribution >= 0.6 is 12.4 Å². The van der Waals surface area contributed by atoms with Crippen molar-refractivity contribution in [1.82, 2.24) is 4.90 Å². The number of benzene rings is 1. The Balaban J connectivity index is 0.00000288. The van der Waals surface area contributed by atoms with Crippen molar-refractivity contribution in [2.75, 3.05) is 26.0 Å². The van der Waals surface area contributed by atoms with Gasteiger partial charge in [-0.1, -0.05) is 0 Å². The number of carbonyl (C=O) groups is 1. The third-order valence-electron chi connectivity index (χ3n) is 3.95. The molecule has 2 N–H and O–H groups in total. The first kappa shape index (κ1) is 20.7. The Labute approximate surface area is 149 Å². The van der Waals surface area contributed by atoms with Crippen molar-refractivity contribution in [3.8, 4) is 5.75 Å². The molecule has 0 aromatic heterocycles. The SMILES string of the molecule is CS(=O)(=O)c1ccc(OCCCC(=O)N2CCC(N)CC2)cc1.Cl. The van der Waals surface area contributed by atoms with Crippen LogP contribution in [0.1, 0.15) is 25.7 Å². The monoisotopic (exact) mass is 376 g/mol. The highest BCUT2D eigenvalue weighted by Crippen LogP contribution is 2.16. The summed E-state index contributed by atoms with van der Waals surface area (Å²) in [6.45, 7) is 1.92. The van der Waals surface area contributed by atoms with Crippen LogP contribution in [0.4, 0.5) is 0 Å². The molecule has 1 aromatic carbocycles. The van der Waals surface area contributed by atoms with Crippen molar-refractivity contribution in [1.29, 1.82) is 0 Å². The third kappa shape index (κ3) is 6.30. The fourth-order valence-corrected chi connectivity index (χ4v) is 3.13. The number of ether oxygens (including phenoxy) is 1. The van der Waals surface area contributed by atoms with Gasteiger partial charge < -0.3 is 15.4 Å². The number of halogens is 1. The normalized spacial score (nSPS) is 15.7. The summed E-state index contributed by atoms with van der Waals surface area (Å²) >= 11 is 0. The van der Waals surface area contributed by atoms with Gasteiger partial charge >= 0.3 is 0 Å². The summed E-state index contributed by atoms with van der Waals surface area (Å²) < 4.78 is 28.3. The average Bonchev–Trinajstić information content (AvgIpc) is 2.51. The largest absolute Gasteiger partial charge is 0.494 e. The van der Waals surface area contributed by atoms with Gasteiger partial charge in [-0.15, -0.1) is 12.4 Å². The van der Waals surface area contributed by atoms with E-state index in [9.17, 15) is 13.2 Å². The molecular formula is C16H25ClN2O4S. The van der Waals surface area contributed by atoms with Gasteiger partial charge in [-0.3, -0.25) is 4.79 Å². The van der Waals surface area contributed by atoms with Crippen LogP contribution in [0.5, 0.6) is 5.75 Å². The van der Waals surface area contributed by atoms with E-state index < -0.39 is 9.84 Å². The highest BCUT2D eigenvalue weighted by atomic mass is 35.5. The zero-order chi connectivity index (χ0) is 16.9. The van der Waals surface area contributed by atoms with Gasteiger partial charge in [0.05, 0.1) is 11.5 Å². The van der Waals surface area contributed by atoms with E-state index in [1.165, 1.54) is 18.4 Å². The number of carbonyl (C=O) groups excluding carboxylic acids is 1. The highest BCUT2D eigenvalue weighted by molar-refractivity contribution is 7.90. The number of sulfone groups is 1. The van der Waals surface area contributed by atoms with E-state index >= 15 is 0 Å². The predicted octanol–water partition coefficient (Wildman–Crippen LogP) is 1.62. The van der Waals surface area contributed by atoms with Gasteiger partial charge in [0.2, 0.25) is 5.91 Å². The lowest BCUT2D eigenvalue weighted by Crippen LogP contribution is -2.42. The van der Waals surface area contributed by atoms with Crippen molar-refractivity contribution in [3.05, 3.63) is 24.3 Å².